The largest absolute Gasteiger partial charge is 0.489 e. The van der Waals surface area contributed by atoms with E-state index in [0.717, 1.165) is 5.56 Å². The summed E-state index contributed by atoms with van der Waals surface area (Å²) in [5.74, 6) is 0.175. The van der Waals surface area contributed by atoms with Gasteiger partial charge in [0, 0.05) is 18.8 Å². The Kier molecular flexibility index (Phi) is 6.70. The van der Waals surface area contributed by atoms with E-state index in [4.69, 9.17) is 4.74 Å². The SMILES string of the molecule is O=C(Nc1ccc(OCc2ccccc2)cc1)[C@H]1CCCN(S(=O)(=O)c2cccs2)C1. The molecule has 6 nitrogen and oxygen atoms in total. The lowest BCUT2D eigenvalue weighted by Crippen LogP contribution is -2.43. The number of hydrogen-bond donors (Lipinski definition) is 1. The second-order valence-electron chi connectivity index (χ2n) is 7.42. The molecule has 1 fully saturated rings. The minimum absolute atomic E-state index is 0.163. The first-order valence-electron chi connectivity index (χ1n) is 10.1. The Hall–Kier alpha value is -2.68. The number of carbonyl (C=O) groups is 1. The third-order valence-electron chi connectivity index (χ3n) is 5.21. The zero-order chi connectivity index (χ0) is 21.7. The van der Waals surface area contributed by atoms with E-state index in [0.29, 0.717) is 41.6 Å². The molecule has 0 aliphatic carbocycles. The topological polar surface area (TPSA) is 75.7 Å². The number of piperidine rings is 1. The Morgan fingerprint density at radius 3 is 2.55 bits per heavy atom. The number of anilines is 1. The molecule has 2 aromatic carbocycles. The fourth-order valence-corrected chi connectivity index (χ4v) is 6.20. The van der Waals surface area contributed by atoms with Crippen molar-refractivity contribution in [2.24, 2.45) is 5.92 Å². The smallest absolute Gasteiger partial charge is 0.252 e. The van der Waals surface area contributed by atoms with Gasteiger partial charge in [-0.3, -0.25) is 4.79 Å². The molecule has 162 valence electrons. The van der Waals surface area contributed by atoms with Crippen molar-refractivity contribution in [1.82, 2.24) is 4.31 Å². The molecule has 8 heteroatoms. The second-order valence-corrected chi connectivity index (χ2v) is 10.5. The summed E-state index contributed by atoms with van der Waals surface area (Å²) in [4.78, 5) is 12.8. The van der Waals surface area contributed by atoms with Gasteiger partial charge >= 0.3 is 0 Å². The lowest BCUT2D eigenvalue weighted by molar-refractivity contribution is -0.120. The zero-order valence-corrected chi connectivity index (χ0v) is 18.6. The number of carbonyl (C=O) groups excluding carboxylic acids is 1. The van der Waals surface area contributed by atoms with E-state index in [-0.39, 0.29) is 18.4 Å². The maximum Gasteiger partial charge on any atom is 0.252 e. The van der Waals surface area contributed by atoms with Crippen LogP contribution in [0.25, 0.3) is 0 Å². The standard InChI is InChI=1S/C23H24N2O4S2/c26-23(19-8-4-14-25(16-19)31(27,28)22-9-5-15-30-22)24-20-10-12-21(13-11-20)29-17-18-6-2-1-3-7-18/h1-3,5-7,9-13,15,19H,4,8,14,16-17H2,(H,24,26)/t19-/m0/s1. The quantitative estimate of drug-likeness (QED) is 0.573. The fraction of sp³-hybridized carbons (Fsp3) is 0.261. The minimum atomic E-state index is -3.54. The van der Waals surface area contributed by atoms with E-state index in [2.05, 4.69) is 5.32 Å². The Morgan fingerprint density at radius 2 is 1.84 bits per heavy atom. The van der Waals surface area contributed by atoms with Crippen LogP contribution in [-0.2, 0) is 21.4 Å². The number of rotatable bonds is 7. The molecule has 0 bridgehead atoms. The molecule has 2 heterocycles. The Bertz CT molecular complexity index is 1100. The van der Waals surface area contributed by atoms with Crippen molar-refractivity contribution in [2.45, 2.75) is 23.7 Å². The first kappa shape index (κ1) is 21.5. The molecule has 31 heavy (non-hydrogen) atoms. The minimum Gasteiger partial charge on any atom is -0.489 e. The molecule has 3 aromatic rings. The van der Waals surface area contributed by atoms with Gasteiger partial charge in [0.1, 0.15) is 16.6 Å². The van der Waals surface area contributed by atoms with Crippen molar-refractivity contribution in [3.63, 3.8) is 0 Å². The predicted octanol–water partition coefficient (Wildman–Crippen LogP) is 4.37. The fourth-order valence-electron chi connectivity index (χ4n) is 3.53. The van der Waals surface area contributed by atoms with Crippen molar-refractivity contribution in [3.8, 4) is 5.75 Å². The average Bonchev–Trinajstić information content (AvgIpc) is 3.35. The summed E-state index contributed by atoms with van der Waals surface area (Å²) in [5, 5.41) is 4.65. The van der Waals surface area contributed by atoms with Gasteiger partial charge in [0.05, 0.1) is 5.92 Å². The van der Waals surface area contributed by atoms with E-state index < -0.39 is 10.0 Å². The van der Waals surface area contributed by atoms with Crippen LogP contribution in [0.15, 0.2) is 76.3 Å². The molecular weight excluding hydrogens is 432 g/mol. The lowest BCUT2D eigenvalue weighted by atomic mass is 9.99. The molecule has 0 unspecified atom stereocenters. The summed E-state index contributed by atoms with van der Waals surface area (Å²) in [6.07, 6.45) is 1.33. The second kappa shape index (κ2) is 9.64. The molecule has 1 atom stereocenters. The summed E-state index contributed by atoms with van der Waals surface area (Å²) in [6, 6.07) is 20.4. The lowest BCUT2D eigenvalue weighted by Gasteiger charge is -2.30. The van der Waals surface area contributed by atoms with E-state index in [9.17, 15) is 13.2 Å². The monoisotopic (exact) mass is 456 g/mol. The normalized spacial score (nSPS) is 17.2. The number of nitrogens with zero attached hydrogens (tertiary/aromatic N) is 1. The van der Waals surface area contributed by atoms with Crippen LogP contribution in [0, 0.1) is 5.92 Å². The molecular formula is C23H24N2O4S2. The highest BCUT2D eigenvalue weighted by Crippen LogP contribution is 2.27. The van der Waals surface area contributed by atoms with E-state index in [1.54, 1.807) is 29.6 Å². The molecule has 0 radical (unpaired) electrons. The average molecular weight is 457 g/mol. The van der Waals surface area contributed by atoms with E-state index in [1.165, 1.54) is 15.6 Å². The van der Waals surface area contributed by atoms with Gasteiger partial charge in [-0.1, -0.05) is 36.4 Å². The van der Waals surface area contributed by atoms with Crippen molar-refractivity contribution < 1.29 is 17.9 Å². The van der Waals surface area contributed by atoms with Gasteiger partial charge in [-0.05, 0) is 54.1 Å². The van der Waals surface area contributed by atoms with Crippen LogP contribution in [-0.4, -0.2) is 31.7 Å². The van der Waals surface area contributed by atoms with Crippen LogP contribution in [0.1, 0.15) is 18.4 Å². The molecule has 0 spiro atoms. The summed E-state index contributed by atoms with van der Waals surface area (Å²) in [5.41, 5.74) is 1.74. The van der Waals surface area contributed by atoms with Crippen molar-refractivity contribution in [1.29, 1.82) is 0 Å². The van der Waals surface area contributed by atoms with Gasteiger partial charge in [0.25, 0.3) is 10.0 Å². The Balaban J connectivity index is 1.33. The van der Waals surface area contributed by atoms with Gasteiger partial charge < -0.3 is 10.1 Å². The molecule has 1 aliphatic rings. The molecule has 1 amide bonds. The maximum absolute atomic E-state index is 12.8. The number of thiophene rings is 1. The highest BCUT2D eigenvalue weighted by molar-refractivity contribution is 7.91. The number of amides is 1. The van der Waals surface area contributed by atoms with Gasteiger partial charge in [-0.25, -0.2) is 8.42 Å². The maximum atomic E-state index is 12.8. The van der Waals surface area contributed by atoms with E-state index >= 15 is 0 Å². The van der Waals surface area contributed by atoms with E-state index in [1.807, 2.05) is 42.5 Å². The summed E-state index contributed by atoms with van der Waals surface area (Å²) >= 11 is 1.20. The zero-order valence-electron chi connectivity index (χ0n) is 16.9. The van der Waals surface area contributed by atoms with Gasteiger partial charge in [0.2, 0.25) is 5.91 Å². The first-order chi connectivity index (χ1) is 15.0. The summed E-state index contributed by atoms with van der Waals surface area (Å²) in [6.45, 7) is 1.12. The highest BCUT2D eigenvalue weighted by Gasteiger charge is 2.33. The van der Waals surface area contributed by atoms with Gasteiger partial charge in [0.15, 0.2) is 0 Å². The van der Waals surface area contributed by atoms with Crippen LogP contribution in [0.4, 0.5) is 5.69 Å². The molecule has 1 N–H and O–H groups in total. The Morgan fingerprint density at radius 1 is 1.06 bits per heavy atom. The summed E-state index contributed by atoms with van der Waals surface area (Å²) in [7, 11) is -3.54. The molecule has 1 saturated heterocycles. The van der Waals surface area contributed by atoms with Crippen LogP contribution in [0.5, 0.6) is 5.75 Å². The number of ether oxygens (including phenoxy) is 1. The molecule has 1 aromatic heterocycles. The Labute approximate surface area is 186 Å². The number of nitrogens with one attached hydrogen (secondary N) is 1. The summed E-state index contributed by atoms with van der Waals surface area (Å²) < 4.78 is 33.0. The third-order valence-corrected chi connectivity index (χ3v) is 8.45. The van der Waals surface area contributed by atoms with Crippen molar-refractivity contribution in [3.05, 3.63) is 77.7 Å². The van der Waals surface area contributed by atoms with Crippen molar-refractivity contribution in [2.75, 3.05) is 18.4 Å². The van der Waals surface area contributed by atoms with Crippen molar-refractivity contribution >= 4 is 33.0 Å². The first-order valence-corrected chi connectivity index (χ1v) is 12.5. The highest BCUT2D eigenvalue weighted by atomic mass is 32.2. The van der Waals surface area contributed by atoms with Gasteiger partial charge in [-0.15, -0.1) is 11.3 Å². The number of hydrogen-bond acceptors (Lipinski definition) is 5. The van der Waals surface area contributed by atoms with Crippen LogP contribution in [0.2, 0.25) is 0 Å². The predicted molar refractivity (Wildman–Crippen MR) is 122 cm³/mol. The van der Waals surface area contributed by atoms with Gasteiger partial charge in [-0.2, -0.15) is 4.31 Å². The third kappa shape index (κ3) is 5.33. The molecule has 1 aliphatic heterocycles. The molecule has 0 saturated carbocycles. The van der Waals surface area contributed by atoms with Crippen LogP contribution in [0.3, 0.4) is 0 Å². The van der Waals surface area contributed by atoms with Crippen LogP contribution >= 0.6 is 11.3 Å². The number of sulfonamides is 1. The number of benzene rings is 2. The molecule has 4 rings (SSSR count). The van der Waals surface area contributed by atoms with Crippen LogP contribution < -0.4 is 10.1 Å².